The number of hydrogen-bond donors (Lipinski definition) is 1. The smallest absolute Gasteiger partial charge is 0.276 e. The number of carbonyl (C=O) groups excluding carboxylic acids is 1. The van der Waals surface area contributed by atoms with Gasteiger partial charge in [-0.05, 0) is 36.1 Å². The number of hydrazone groups is 1. The summed E-state index contributed by atoms with van der Waals surface area (Å²) in [5, 5.41) is 11.5. The number of amidine groups is 1. The van der Waals surface area contributed by atoms with Gasteiger partial charge in [-0.1, -0.05) is 59.8 Å². The fraction of sp³-hybridized carbons (Fsp3) is 0.105. The number of benzene rings is 2. The molecule has 4 rings (SSSR count). The molecule has 1 atom stereocenters. The van der Waals surface area contributed by atoms with Crippen molar-refractivity contribution in [2.24, 2.45) is 10.1 Å². The van der Waals surface area contributed by atoms with E-state index in [0.717, 1.165) is 10.9 Å². The Bertz CT molecular complexity index is 1050. The van der Waals surface area contributed by atoms with Crippen molar-refractivity contribution >= 4 is 46.2 Å². The maximum absolute atomic E-state index is 12.7. The summed E-state index contributed by atoms with van der Waals surface area (Å²) in [7, 11) is 0. The Hall–Kier alpha value is -2.57. The van der Waals surface area contributed by atoms with Crippen molar-refractivity contribution in [1.82, 2.24) is 10.3 Å². The molecule has 1 amide bonds. The topological polar surface area (TPSA) is 57.1 Å². The highest BCUT2D eigenvalue weighted by Gasteiger charge is 2.32. The molecule has 2 aromatic carbocycles. The van der Waals surface area contributed by atoms with Crippen LogP contribution in [0.5, 0.6) is 0 Å². The van der Waals surface area contributed by atoms with Gasteiger partial charge < -0.3 is 0 Å². The van der Waals surface area contributed by atoms with Crippen molar-refractivity contribution in [2.75, 3.05) is 6.26 Å². The lowest BCUT2D eigenvalue weighted by molar-refractivity contribution is -0.116. The van der Waals surface area contributed by atoms with Crippen LogP contribution in [0.3, 0.4) is 0 Å². The minimum absolute atomic E-state index is 0.208. The summed E-state index contributed by atoms with van der Waals surface area (Å²) in [6.45, 7) is 0. The number of hydrogen-bond acceptors (Lipinski definition) is 5. The summed E-state index contributed by atoms with van der Waals surface area (Å²) in [5.74, 6) is -0.208. The Morgan fingerprint density at radius 2 is 2.04 bits per heavy atom. The van der Waals surface area contributed by atoms with Gasteiger partial charge in [-0.25, -0.2) is 5.01 Å². The van der Waals surface area contributed by atoms with E-state index >= 15 is 0 Å². The maximum Gasteiger partial charge on any atom is 0.276 e. The van der Waals surface area contributed by atoms with Crippen LogP contribution in [0.15, 0.2) is 64.7 Å². The van der Waals surface area contributed by atoms with E-state index < -0.39 is 6.17 Å². The molecular formula is C19H15ClN4OS. The summed E-state index contributed by atoms with van der Waals surface area (Å²) in [6.07, 6.45) is 5.37. The molecule has 2 aliphatic heterocycles. The molecule has 0 bridgehead atoms. The molecule has 2 heterocycles. The second-order valence-corrected chi connectivity index (χ2v) is 6.96. The lowest BCUT2D eigenvalue weighted by Gasteiger charge is -2.32. The molecule has 2 aromatic rings. The van der Waals surface area contributed by atoms with E-state index in [-0.39, 0.29) is 5.91 Å². The van der Waals surface area contributed by atoms with Crippen molar-refractivity contribution in [3.63, 3.8) is 0 Å². The Labute approximate surface area is 159 Å². The van der Waals surface area contributed by atoms with Gasteiger partial charge in [-0.2, -0.15) is 0 Å². The molecule has 7 heteroatoms. The third kappa shape index (κ3) is 3.13. The average Bonchev–Trinajstić information content (AvgIpc) is 2.66. The Kier molecular flexibility index (Phi) is 4.53. The van der Waals surface area contributed by atoms with E-state index in [9.17, 15) is 4.79 Å². The van der Waals surface area contributed by atoms with E-state index in [4.69, 9.17) is 16.6 Å². The number of thioether (sulfide) groups is 1. The van der Waals surface area contributed by atoms with Gasteiger partial charge in [-0.3, -0.25) is 15.1 Å². The standard InChI is InChI=1S/C19H15ClN4OS/c1-26-19-22-18(25)17-14-11-13(20)8-9-15(14)21-16(24(17)23-19)10-7-12-5-3-2-4-6-12/h2-11,16H,1H3,(H,22,23,25)/b10-7+/t16-/m1/s1. The summed E-state index contributed by atoms with van der Waals surface area (Å²) in [4.78, 5) is 17.5. The molecule has 0 saturated heterocycles. The summed E-state index contributed by atoms with van der Waals surface area (Å²) < 4.78 is 0. The fourth-order valence-electron chi connectivity index (χ4n) is 2.86. The molecule has 130 valence electrons. The third-order valence-corrected chi connectivity index (χ3v) is 4.86. The second kappa shape index (κ2) is 6.97. The first-order chi connectivity index (χ1) is 12.7. The van der Waals surface area contributed by atoms with Gasteiger partial charge in [-0.15, -0.1) is 5.10 Å². The zero-order valence-electron chi connectivity index (χ0n) is 13.9. The Balaban J connectivity index is 1.86. The number of nitrogens with zero attached hydrogens (tertiary/aromatic N) is 3. The van der Waals surface area contributed by atoms with E-state index in [2.05, 4.69) is 10.4 Å². The number of nitrogens with one attached hydrogen (secondary N) is 1. The van der Waals surface area contributed by atoms with Gasteiger partial charge in [0.25, 0.3) is 5.91 Å². The first kappa shape index (κ1) is 16.9. The largest absolute Gasteiger partial charge is 0.298 e. The molecule has 0 saturated carbocycles. The van der Waals surface area contributed by atoms with Crippen LogP contribution in [0.4, 0.5) is 0 Å². The van der Waals surface area contributed by atoms with Gasteiger partial charge in [0.05, 0.1) is 5.36 Å². The Morgan fingerprint density at radius 1 is 1.23 bits per heavy atom. The molecule has 0 aromatic heterocycles. The second-order valence-electron chi connectivity index (χ2n) is 5.73. The lowest BCUT2D eigenvalue weighted by Crippen LogP contribution is -2.52. The van der Waals surface area contributed by atoms with Crippen LogP contribution in [0.2, 0.25) is 5.02 Å². The minimum atomic E-state index is -0.410. The number of halogens is 1. The van der Waals surface area contributed by atoms with Crippen LogP contribution >= 0.6 is 23.4 Å². The zero-order chi connectivity index (χ0) is 18.1. The SMILES string of the molecule is CSC1=NN2C(=c3cc(Cl)ccc3=N[C@H]2/C=C/c2ccccc2)C(=O)N1. The lowest BCUT2D eigenvalue weighted by atomic mass is 10.1. The van der Waals surface area contributed by atoms with Crippen molar-refractivity contribution in [3.8, 4) is 0 Å². The first-order valence-electron chi connectivity index (χ1n) is 8.00. The Morgan fingerprint density at radius 3 is 2.81 bits per heavy atom. The van der Waals surface area contributed by atoms with Crippen LogP contribution in [-0.4, -0.2) is 28.5 Å². The summed E-state index contributed by atoms with van der Waals surface area (Å²) >= 11 is 7.51. The molecule has 1 N–H and O–H groups in total. The molecule has 26 heavy (non-hydrogen) atoms. The summed E-state index contributed by atoms with van der Waals surface area (Å²) in [6, 6.07) is 15.3. The van der Waals surface area contributed by atoms with E-state index in [1.54, 1.807) is 17.1 Å². The zero-order valence-corrected chi connectivity index (χ0v) is 15.5. The van der Waals surface area contributed by atoms with E-state index in [1.165, 1.54) is 11.8 Å². The van der Waals surface area contributed by atoms with Gasteiger partial charge in [0.15, 0.2) is 11.3 Å². The van der Waals surface area contributed by atoms with E-state index in [0.29, 0.717) is 21.1 Å². The van der Waals surface area contributed by atoms with Gasteiger partial charge in [0.1, 0.15) is 5.70 Å². The molecule has 5 nitrogen and oxygen atoms in total. The predicted molar refractivity (Wildman–Crippen MR) is 106 cm³/mol. The molecule has 0 spiro atoms. The van der Waals surface area contributed by atoms with E-state index in [1.807, 2.05) is 54.8 Å². The van der Waals surface area contributed by atoms with Crippen LogP contribution in [0.1, 0.15) is 5.56 Å². The highest BCUT2D eigenvalue weighted by Crippen LogP contribution is 2.21. The number of fused-ring (bicyclic) bond motifs is 2. The van der Waals surface area contributed by atoms with Crippen LogP contribution < -0.4 is 15.9 Å². The summed E-state index contributed by atoms with van der Waals surface area (Å²) in [5.41, 5.74) is 1.51. The quantitative estimate of drug-likeness (QED) is 0.866. The number of carbonyl (C=O) groups is 1. The van der Waals surface area contributed by atoms with Crippen molar-refractivity contribution in [1.29, 1.82) is 0 Å². The maximum atomic E-state index is 12.7. The molecule has 0 aliphatic carbocycles. The fourth-order valence-corrected chi connectivity index (χ4v) is 3.39. The van der Waals surface area contributed by atoms with Crippen LogP contribution in [0.25, 0.3) is 11.8 Å². The number of amides is 1. The van der Waals surface area contributed by atoms with Crippen molar-refractivity contribution in [3.05, 3.63) is 75.8 Å². The molecule has 2 aliphatic rings. The van der Waals surface area contributed by atoms with Gasteiger partial charge >= 0.3 is 0 Å². The van der Waals surface area contributed by atoms with Crippen molar-refractivity contribution < 1.29 is 4.79 Å². The highest BCUT2D eigenvalue weighted by atomic mass is 35.5. The van der Waals surface area contributed by atoms with Crippen LogP contribution in [0, 0.1) is 0 Å². The number of rotatable bonds is 2. The van der Waals surface area contributed by atoms with Gasteiger partial charge in [0.2, 0.25) is 0 Å². The molecule has 0 fully saturated rings. The molecule has 0 unspecified atom stereocenters. The van der Waals surface area contributed by atoms with Crippen LogP contribution in [-0.2, 0) is 4.79 Å². The monoisotopic (exact) mass is 382 g/mol. The molecular weight excluding hydrogens is 368 g/mol. The van der Waals surface area contributed by atoms with Crippen molar-refractivity contribution in [2.45, 2.75) is 6.17 Å². The minimum Gasteiger partial charge on any atom is -0.298 e. The average molecular weight is 383 g/mol. The highest BCUT2D eigenvalue weighted by molar-refractivity contribution is 8.13. The predicted octanol–water partition coefficient (Wildman–Crippen LogP) is 2.19. The van der Waals surface area contributed by atoms with Gasteiger partial charge in [0, 0.05) is 10.2 Å². The normalized spacial score (nSPS) is 18.8. The first-order valence-corrected chi connectivity index (χ1v) is 9.60. The molecule has 0 radical (unpaired) electrons. The third-order valence-electron chi connectivity index (χ3n) is 4.05.